The van der Waals surface area contributed by atoms with E-state index in [9.17, 15) is 4.79 Å². The van der Waals surface area contributed by atoms with Crippen molar-refractivity contribution in [2.75, 3.05) is 31.6 Å². The van der Waals surface area contributed by atoms with Gasteiger partial charge in [-0.3, -0.25) is 15.0 Å². The molecule has 124 valence electrons. The average Bonchev–Trinajstić information content (AvgIpc) is 3.18. The van der Waals surface area contributed by atoms with Gasteiger partial charge in [-0.2, -0.15) is 0 Å². The third-order valence-electron chi connectivity index (χ3n) is 3.63. The highest BCUT2D eigenvalue weighted by molar-refractivity contribution is 7.09. The summed E-state index contributed by atoms with van der Waals surface area (Å²) in [5.74, 6) is 0.544. The molecule has 2 aromatic rings. The third-order valence-corrected chi connectivity index (χ3v) is 4.49. The number of nitrogens with one attached hydrogen (secondary N) is 1. The fourth-order valence-electron chi connectivity index (χ4n) is 2.39. The van der Waals surface area contributed by atoms with Crippen molar-refractivity contribution in [1.82, 2.24) is 15.0 Å². The Bertz CT molecular complexity index is 641. The molecule has 3 heterocycles. The molecule has 3 rings (SSSR count). The van der Waals surface area contributed by atoms with Crippen LogP contribution in [0.2, 0.25) is 0 Å². The molecule has 1 aliphatic rings. The summed E-state index contributed by atoms with van der Waals surface area (Å²) in [6, 6.07) is 1.76. The van der Waals surface area contributed by atoms with Gasteiger partial charge in [0.05, 0.1) is 18.8 Å². The lowest BCUT2D eigenvalue weighted by molar-refractivity contribution is -0.119. The Morgan fingerprint density at radius 1 is 1.57 bits per heavy atom. The summed E-state index contributed by atoms with van der Waals surface area (Å²) in [4.78, 5) is 18.5. The Morgan fingerprint density at radius 2 is 2.43 bits per heavy atom. The minimum atomic E-state index is -0.115. The van der Waals surface area contributed by atoms with E-state index >= 15 is 0 Å². The van der Waals surface area contributed by atoms with Crippen molar-refractivity contribution in [3.8, 4) is 0 Å². The van der Waals surface area contributed by atoms with Gasteiger partial charge < -0.3 is 9.26 Å². The van der Waals surface area contributed by atoms with Gasteiger partial charge in [0.1, 0.15) is 11.1 Å². The zero-order chi connectivity index (χ0) is 16.2. The molecule has 23 heavy (non-hydrogen) atoms. The molecule has 0 bridgehead atoms. The maximum Gasteiger partial charge on any atom is 0.240 e. The van der Waals surface area contributed by atoms with E-state index in [4.69, 9.17) is 9.26 Å². The number of anilines is 1. The Hall–Kier alpha value is -1.77. The summed E-state index contributed by atoms with van der Waals surface area (Å²) in [7, 11) is 0. The average molecular weight is 336 g/mol. The predicted molar refractivity (Wildman–Crippen MR) is 86.5 cm³/mol. The van der Waals surface area contributed by atoms with Gasteiger partial charge in [-0.05, 0) is 5.92 Å². The lowest BCUT2D eigenvalue weighted by atomic mass is 10.1. The molecule has 1 fully saturated rings. The second kappa shape index (κ2) is 7.20. The van der Waals surface area contributed by atoms with E-state index in [1.807, 2.05) is 19.2 Å². The quantitative estimate of drug-likeness (QED) is 0.902. The largest absolute Gasteiger partial charge is 0.368 e. The van der Waals surface area contributed by atoms with Crippen LogP contribution in [0.15, 0.2) is 22.2 Å². The van der Waals surface area contributed by atoms with E-state index in [0.717, 1.165) is 17.2 Å². The van der Waals surface area contributed by atoms with E-state index in [0.29, 0.717) is 25.6 Å². The number of nitrogens with zero attached hydrogens (tertiary/aromatic N) is 3. The molecule has 2 aromatic heterocycles. The van der Waals surface area contributed by atoms with Crippen molar-refractivity contribution < 1.29 is 14.1 Å². The van der Waals surface area contributed by atoms with Crippen LogP contribution in [-0.4, -0.2) is 47.2 Å². The van der Waals surface area contributed by atoms with Crippen LogP contribution < -0.4 is 5.32 Å². The molecule has 0 spiro atoms. The summed E-state index contributed by atoms with van der Waals surface area (Å²) in [5, 5.41) is 9.56. The molecule has 0 unspecified atom stereocenters. The molecule has 1 amide bonds. The first-order valence-electron chi connectivity index (χ1n) is 7.61. The molecular formula is C15H20N4O3S. The van der Waals surface area contributed by atoms with Crippen molar-refractivity contribution >= 4 is 23.1 Å². The molecular weight excluding hydrogens is 316 g/mol. The highest BCUT2D eigenvalue weighted by Gasteiger charge is 2.25. The number of thiazole rings is 1. The smallest absolute Gasteiger partial charge is 0.240 e. The van der Waals surface area contributed by atoms with Crippen LogP contribution in [0.5, 0.6) is 0 Å². The molecule has 1 atom stereocenters. The number of hydrogen-bond acceptors (Lipinski definition) is 7. The maximum atomic E-state index is 12.2. The Kier molecular flexibility index (Phi) is 5.04. The highest BCUT2D eigenvalue weighted by Crippen LogP contribution is 2.24. The van der Waals surface area contributed by atoms with Crippen LogP contribution in [-0.2, 0) is 9.53 Å². The SMILES string of the molecule is CC(C)c1cc(NC(=O)CN2CCO[C@H](c3nccs3)C2)on1. The number of morpholine rings is 1. The minimum absolute atomic E-state index is 0.0608. The zero-order valence-corrected chi connectivity index (χ0v) is 14.0. The first-order valence-corrected chi connectivity index (χ1v) is 8.49. The fraction of sp³-hybridized carbons (Fsp3) is 0.533. The van der Waals surface area contributed by atoms with Gasteiger partial charge in [0.15, 0.2) is 0 Å². The van der Waals surface area contributed by atoms with Crippen LogP contribution in [0, 0.1) is 0 Å². The summed E-state index contributed by atoms with van der Waals surface area (Å²) < 4.78 is 10.9. The third kappa shape index (κ3) is 4.15. The van der Waals surface area contributed by atoms with Crippen LogP contribution in [0.4, 0.5) is 5.88 Å². The molecule has 1 N–H and O–H groups in total. The molecule has 0 radical (unpaired) electrons. The predicted octanol–water partition coefficient (Wildman–Crippen LogP) is 2.27. The Morgan fingerprint density at radius 3 is 3.13 bits per heavy atom. The standard InChI is InChI=1S/C15H20N4O3S/c1-10(2)11-7-14(22-18-11)17-13(20)9-19-4-5-21-12(8-19)15-16-3-6-23-15/h3,6-7,10,12H,4-5,8-9H2,1-2H3,(H,17,20)/t12-/m0/s1. The van der Waals surface area contributed by atoms with E-state index in [-0.39, 0.29) is 17.9 Å². The van der Waals surface area contributed by atoms with Crippen LogP contribution in [0.25, 0.3) is 0 Å². The second-order valence-corrected chi connectivity index (χ2v) is 6.71. The van der Waals surface area contributed by atoms with Crippen LogP contribution >= 0.6 is 11.3 Å². The highest BCUT2D eigenvalue weighted by atomic mass is 32.1. The molecule has 0 saturated carbocycles. The van der Waals surface area contributed by atoms with Gasteiger partial charge in [0.25, 0.3) is 0 Å². The molecule has 0 aliphatic carbocycles. The number of carbonyl (C=O) groups excluding carboxylic acids is 1. The lowest BCUT2D eigenvalue weighted by Crippen LogP contribution is -2.42. The van der Waals surface area contributed by atoms with Gasteiger partial charge in [-0.25, -0.2) is 4.98 Å². The van der Waals surface area contributed by atoms with Crippen molar-refractivity contribution in [2.45, 2.75) is 25.9 Å². The van der Waals surface area contributed by atoms with E-state index in [1.54, 1.807) is 23.6 Å². The van der Waals surface area contributed by atoms with Gasteiger partial charge >= 0.3 is 0 Å². The fourth-order valence-corrected chi connectivity index (χ4v) is 3.07. The molecule has 1 aliphatic heterocycles. The van der Waals surface area contributed by atoms with Crippen molar-refractivity contribution in [3.63, 3.8) is 0 Å². The minimum Gasteiger partial charge on any atom is -0.368 e. The Balaban J connectivity index is 1.52. The van der Waals surface area contributed by atoms with E-state index in [1.165, 1.54) is 0 Å². The molecule has 7 nitrogen and oxygen atoms in total. The summed E-state index contributed by atoms with van der Waals surface area (Å²) in [5.41, 5.74) is 0.829. The normalized spacial score (nSPS) is 19.2. The van der Waals surface area contributed by atoms with Crippen LogP contribution in [0.1, 0.15) is 36.6 Å². The maximum absolute atomic E-state index is 12.2. The monoisotopic (exact) mass is 336 g/mol. The number of ether oxygens (including phenoxy) is 1. The van der Waals surface area contributed by atoms with Gasteiger partial charge in [0, 0.05) is 30.7 Å². The number of aromatic nitrogens is 2. The molecule has 8 heteroatoms. The van der Waals surface area contributed by atoms with Crippen LogP contribution in [0.3, 0.4) is 0 Å². The van der Waals surface area contributed by atoms with E-state index in [2.05, 4.69) is 20.4 Å². The first-order chi connectivity index (χ1) is 11.1. The Labute approximate surface area is 138 Å². The molecule has 0 aromatic carbocycles. The summed E-state index contributed by atoms with van der Waals surface area (Å²) in [6.07, 6.45) is 1.71. The summed E-state index contributed by atoms with van der Waals surface area (Å²) in [6.45, 7) is 6.32. The van der Waals surface area contributed by atoms with Crippen molar-refractivity contribution in [3.05, 3.63) is 28.3 Å². The first kappa shape index (κ1) is 16.1. The lowest BCUT2D eigenvalue weighted by Gasteiger charge is -2.31. The van der Waals surface area contributed by atoms with Gasteiger partial charge in [-0.15, -0.1) is 11.3 Å². The number of carbonyl (C=O) groups is 1. The van der Waals surface area contributed by atoms with Gasteiger partial charge in [-0.1, -0.05) is 19.0 Å². The van der Waals surface area contributed by atoms with Crippen molar-refractivity contribution in [1.29, 1.82) is 0 Å². The van der Waals surface area contributed by atoms with E-state index < -0.39 is 0 Å². The topological polar surface area (TPSA) is 80.5 Å². The zero-order valence-electron chi connectivity index (χ0n) is 13.2. The number of hydrogen-bond donors (Lipinski definition) is 1. The van der Waals surface area contributed by atoms with Crippen molar-refractivity contribution in [2.24, 2.45) is 0 Å². The van der Waals surface area contributed by atoms with Gasteiger partial charge in [0.2, 0.25) is 11.8 Å². The second-order valence-electron chi connectivity index (χ2n) is 5.78. The number of amides is 1. The molecule has 1 saturated heterocycles. The number of rotatable bonds is 5. The summed E-state index contributed by atoms with van der Waals surface area (Å²) >= 11 is 1.57.